The maximum absolute atomic E-state index is 5.97. The topological polar surface area (TPSA) is 41.1 Å². The van der Waals surface area contributed by atoms with Gasteiger partial charge >= 0.3 is 0 Å². The summed E-state index contributed by atoms with van der Waals surface area (Å²) in [5, 5.41) is 3.91. The minimum atomic E-state index is 0.521. The first kappa shape index (κ1) is 13.6. The molecule has 1 aliphatic heterocycles. The molecule has 4 nitrogen and oxygen atoms in total. The first-order valence-electron chi connectivity index (χ1n) is 6.63. The van der Waals surface area contributed by atoms with Gasteiger partial charge in [-0.25, -0.2) is 9.97 Å². The molecule has 2 heterocycles. The fraction of sp³-hybridized carbons (Fsp3) is 0.692. The molecule has 0 bridgehead atoms. The van der Waals surface area contributed by atoms with Crippen molar-refractivity contribution in [3.05, 3.63) is 17.0 Å². The van der Waals surface area contributed by atoms with E-state index >= 15 is 0 Å². The number of aryl methyl sites for hydroxylation is 1. The highest BCUT2D eigenvalue weighted by Gasteiger charge is 2.16. The maximum Gasteiger partial charge on any atom is 0.134 e. The van der Waals surface area contributed by atoms with Gasteiger partial charge in [-0.3, -0.25) is 0 Å². The van der Waals surface area contributed by atoms with Gasteiger partial charge in [0.15, 0.2) is 0 Å². The molecule has 0 saturated carbocycles. The van der Waals surface area contributed by atoms with E-state index in [2.05, 4.69) is 27.2 Å². The summed E-state index contributed by atoms with van der Waals surface area (Å²) in [5.41, 5.74) is 0. The number of halogens is 1. The predicted octanol–water partition coefficient (Wildman–Crippen LogP) is 2.45. The number of hydrogen-bond donors (Lipinski definition) is 1. The number of nitrogens with one attached hydrogen (secondary N) is 1. The molecule has 1 N–H and O–H groups in total. The Labute approximate surface area is 114 Å². The van der Waals surface area contributed by atoms with Gasteiger partial charge in [-0.05, 0) is 38.9 Å². The molecular formula is C13H21ClN4. The Hall–Kier alpha value is -0.870. The summed E-state index contributed by atoms with van der Waals surface area (Å²) in [6, 6.07) is 1.80. The van der Waals surface area contributed by atoms with Crippen LogP contribution >= 0.6 is 11.6 Å². The predicted molar refractivity (Wildman–Crippen MR) is 75.1 cm³/mol. The van der Waals surface area contributed by atoms with Gasteiger partial charge < -0.3 is 10.2 Å². The monoisotopic (exact) mass is 268 g/mol. The highest BCUT2D eigenvalue weighted by Crippen LogP contribution is 2.18. The average molecular weight is 269 g/mol. The molecule has 0 unspecified atom stereocenters. The number of rotatable bonds is 4. The molecule has 0 spiro atoms. The van der Waals surface area contributed by atoms with Crippen molar-refractivity contribution >= 4 is 17.4 Å². The molecule has 0 atom stereocenters. The van der Waals surface area contributed by atoms with Gasteiger partial charge in [0.25, 0.3) is 0 Å². The first-order chi connectivity index (χ1) is 8.67. The van der Waals surface area contributed by atoms with E-state index in [0.717, 1.165) is 30.5 Å². The van der Waals surface area contributed by atoms with E-state index in [9.17, 15) is 0 Å². The quantitative estimate of drug-likeness (QED) is 0.852. The summed E-state index contributed by atoms with van der Waals surface area (Å²) >= 11 is 5.97. The second-order valence-corrected chi connectivity index (χ2v) is 5.36. The zero-order valence-electron chi connectivity index (χ0n) is 11.1. The standard InChI is InChI=1S/C13H21ClN4/c1-3-12-16-11(14)8-13(17-12)15-9-10-4-6-18(2)7-5-10/h8,10H,3-7,9H2,1-2H3,(H,15,16,17). The number of anilines is 1. The molecule has 1 aliphatic rings. The minimum absolute atomic E-state index is 0.521. The molecule has 0 aliphatic carbocycles. The van der Waals surface area contributed by atoms with Crippen LogP contribution in [0, 0.1) is 5.92 Å². The van der Waals surface area contributed by atoms with Crippen LogP contribution in [0.15, 0.2) is 6.07 Å². The van der Waals surface area contributed by atoms with Crippen LogP contribution < -0.4 is 5.32 Å². The van der Waals surface area contributed by atoms with Crippen LogP contribution in [-0.2, 0) is 6.42 Å². The Balaban J connectivity index is 1.88. The van der Waals surface area contributed by atoms with Crippen molar-refractivity contribution in [2.45, 2.75) is 26.2 Å². The first-order valence-corrected chi connectivity index (χ1v) is 7.01. The maximum atomic E-state index is 5.97. The molecule has 0 amide bonds. The number of likely N-dealkylation sites (tertiary alicyclic amines) is 1. The third kappa shape index (κ3) is 3.82. The normalized spacial score (nSPS) is 17.9. The largest absolute Gasteiger partial charge is 0.370 e. The van der Waals surface area contributed by atoms with Gasteiger partial charge in [0.2, 0.25) is 0 Å². The third-order valence-electron chi connectivity index (χ3n) is 3.47. The van der Waals surface area contributed by atoms with Crippen LogP contribution in [0.5, 0.6) is 0 Å². The van der Waals surface area contributed by atoms with Gasteiger partial charge in [0, 0.05) is 19.0 Å². The van der Waals surface area contributed by atoms with E-state index in [0.29, 0.717) is 5.15 Å². The molecule has 18 heavy (non-hydrogen) atoms. The Kier molecular flexibility index (Phi) is 4.78. The van der Waals surface area contributed by atoms with Crippen LogP contribution in [0.4, 0.5) is 5.82 Å². The molecule has 0 aromatic carbocycles. The highest BCUT2D eigenvalue weighted by atomic mass is 35.5. The van der Waals surface area contributed by atoms with Crippen molar-refractivity contribution in [3.8, 4) is 0 Å². The van der Waals surface area contributed by atoms with Gasteiger partial charge in [-0.2, -0.15) is 0 Å². The molecule has 1 fully saturated rings. The molecule has 5 heteroatoms. The van der Waals surface area contributed by atoms with E-state index in [1.165, 1.54) is 25.9 Å². The molecule has 1 aromatic rings. The van der Waals surface area contributed by atoms with E-state index < -0.39 is 0 Å². The van der Waals surface area contributed by atoms with Gasteiger partial charge in [0.05, 0.1) is 0 Å². The Bertz CT molecular complexity index is 389. The Morgan fingerprint density at radius 1 is 1.39 bits per heavy atom. The lowest BCUT2D eigenvalue weighted by Gasteiger charge is -2.29. The molecule has 1 saturated heterocycles. The van der Waals surface area contributed by atoms with Crippen molar-refractivity contribution in [2.75, 3.05) is 32.0 Å². The average Bonchev–Trinajstić information content (AvgIpc) is 2.37. The molecule has 100 valence electrons. The van der Waals surface area contributed by atoms with Crippen molar-refractivity contribution < 1.29 is 0 Å². The van der Waals surface area contributed by atoms with Crippen molar-refractivity contribution in [1.82, 2.24) is 14.9 Å². The van der Waals surface area contributed by atoms with E-state index in [1.807, 2.05) is 6.92 Å². The van der Waals surface area contributed by atoms with Crippen molar-refractivity contribution in [2.24, 2.45) is 5.92 Å². The number of piperidine rings is 1. The zero-order valence-corrected chi connectivity index (χ0v) is 11.9. The summed E-state index contributed by atoms with van der Waals surface area (Å²) in [6.45, 7) is 5.39. The summed E-state index contributed by atoms with van der Waals surface area (Å²) in [6.07, 6.45) is 3.31. The molecular weight excluding hydrogens is 248 g/mol. The number of hydrogen-bond acceptors (Lipinski definition) is 4. The summed E-state index contributed by atoms with van der Waals surface area (Å²) < 4.78 is 0. The second kappa shape index (κ2) is 6.34. The van der Waals surface area contributed by atoms with Crippen LogP contribution in [0.3, 0.4) is 0 Å². The Morgan fingerprint density at radius 3 is 2.78 bits per heavy atom. The van der Waals surface area contributed by atoms with Crippen LogP contribution in [0.25, 0.3) is 0 Å². The lowest BCUT2D eigenvalue weighted by Crippen LogP contribution is -2.33. The molecule has 2 rings (SSSR count). The fourth-order valence-corrected chi connectivity index (χ4v) is 2.43. The van der Waals surface area contributed by atoms with Crippen LogP contribution in [0.2, 0.25) is 5.15 Å². The highest BCUT2D eigenvalue weighted by molar-refractivity contribution is 6.29. The minimum Gasteiger partial charge on any atom is -0.370 e. The summed E-state index contributed by atoms with van der Waals surface area (Å²) in [5.74, 6) is 2.39. The fourth-order valence-electron chi connectivity index (χ4n) is 2.23. The van der Waals surface area contributed by atoms with Crippen molar-refractivity contribution in [1.29, 1.82) is 0 Å². The summed E-state index contributed by atoms with van der Waals surface area (Å²) in [7, 11) is 2.18. The Morgan fingerprint density at radius 2 is 2.11 bits per heavy atom. The van der Waals surface area contributed by atoms with E-state index in [1.54, 1.807) is 6.07 Å². The molecule has 1 aromatic heterocycles. The SMILES string of the molecule is CCc1nc(Cl)cc(NCC2CCN(C)CC2)n1. The number of aromatic nitrogens is 2. The lowest BCUT2D eigenvalue weighted by molar-refractivity contribution is 0.226. The van der Waals surface area contributed by atoms with Crippen LogP contribution in [0.1, 0.15) is 25.6 Å². The second-order valence-electron chi connectivity index (χ2n) is 4.97. The number of nitrogens with zero attached hydrogens (tertiary/aromatic N) is 3. The van der Waals surface area contributed by atoms with Gasteiger partial charge in [0.1, 0.15) is 16.8 Å². The van der Waals surface area contributed by atoms with E-state index in [4.69, 9.17) is 11.6 Å². The molecule has 0 radical (unpaired) electrons. The van der Waals surface area contributed by atoms with Gasteiger partial charge in [-0.1, -0.05) is 18.5 Å². The lowest BCUT2D eigenvalue weighted by atomic mass is 9.97. The van der Waals surface area contributed by atoms with E-state index in [-0.39, 0.29) is 0 Å². The smallest absolute Gasteiger partial charge is 0.134 e. The van der Waals surface area contributed by atoms with Gasteiger partial charge in [-0.15, -0.1) is 0 Å². The summed E-state index contributed by atoms with van der Waals surface area (Å²) in [4.78, 5) is 11.0. The van der Waals surface area contributed by atoms with Crippen molar-refractivity contribution in [3.63, 3.8) is 0 Å². The zero-order chi connectivity index (χ0) is 13.0. The van der Waals surface area contributed by atoms with Crippen LogP contribution in [-0.4, -0.2) is 41.5 Å². The third-order valence-corrected chi connectivity index (χ3v) is 3.66.